The number of guanidine groups is 1. The molecule has 0 radical (unpaired) electrons. The molecule has 3 rings (SSSR count). The number of anilines is 1. The summed E-state index contributed by atoms with van der Waals surface area (Å²) < 4.78 is 5.46. The zero-order valence-corrected chi connectivity index (χ0v) is 16.2. The molecule has 1 amide bonds. The van der Waals surface area contributed by atoms with Crippen LogP contribution in [-0.4, -0.2) is 69.2 Å². The number of aliphatic imine (C=N–C) groups is 1. The van der Waals surface area contributed by atoms with Crippen LogP contribution in [-0.2, 0) is 16.1 Å². The third kappa shape index (κ3) is 5.60. The zero-order chi connectivity index (χ0) is 18.9. The van der Waals surface area contributed by atoms with E-state index in [1.165, 1.54) is 11.3 Å². The van der Waals surface area contributed by atoms with Crippen molar-refractivity contribution in [2.45, 2.75) is 26.3 Å². The minimum absolute atomic E-state index is 0.145. The lowest BCUT2D eigenvalue weighted by Crippen LogP contribution is -2.44. The van der Waals surface area contributed by atoms with Gasteiger partial charge in [-0.25, -0.2) is 4.99 Å². The fourth-order valence-corrected chi connectivity index (χ4v) is 3.50. The van der Waals surface area contributed by atoms with Crippen LogP contribution in [0.25, 0.3) is 0 Å². The van der Waals surface area contributed by atoms with E-state index in [0.29, 0.717) is 12.5 Å². The first-order chi connectivity index (χ1) is 13.3. The summed E-state index contributed by atoms with van der Waals surface area (Å²) in [5, 5.41) is 6.41. The van der Waals surface area contributed by atoms with Crippen molar-refractivity contribution < 1.29 is 9.53 Å². The molecule has 2 aliphatic heterocycles. The topological polar surface area (TPSA) is 69.2 Å². The predicted molar refractivity (Wildman–Crippen MR) is 108 cm³/mol. The monoisotopic (exact) mass is 373 g/mol. The minimum Gasteiger partial charge on any atom is -0.378 e. The minimum atomic E-state index is 0.145. The highest BCUT2D eigenvalue weighted by Gasteiger charge is 2.18. The number of benzene rings is 1. The lowest BCUT2D eigenvalue weighted by atomic mass is 10.1. The van der Waals surface area contributed by atoms with Crippen LogP contribution in [0.15, 0.2) is 29.3 Å². The van der Waals surface area contributed by atoms with Crippen LogP contribution in [0.4, 0.5) is 5.69 Å². The molecule has 2 N–H and O–H groups in total. The van der Waals surface area contributed by atoms with Crippen LogP contribution in [0, 0.1) is 0 Å². The van der Waals surface area contributed by atoms with Crippen molar-refractivity contribution in [3.63, 3.8) is 0 Å². The Morgan fingerprint density at radius 3 is 2.59 bits per heavy atom. The van der Waals surface area contributed by atoms with Gasteiger partial charge in [0.25, 0.3) is 0 Å². The van der Waals surface area contributed by atoms with Gasteiger partial charge >= 0.3 is 0 Å². The van der Waals surface area contributed by atoms with E-state index >= 15 is 0 Å². The number of likely N-dealkylation sites (tertiary alicyclic amines) is 1. The molecular weight excluding hydrogens is 342 g/mol. The predicted octanol–water partition coefficient (Wildman–Crippen LogP) is 1.20. The van der Waals surface area contributed by atoms with Crippen molar-refractivity contribution >= 4 is 17.6 Å². The molecule has 148 valence electrons. The van der Waals surface area contributed by atoms with Gasteiger partial charge in [0, 0.05) is 38.4 Å². The lowest BCUT2D eigenvalue weighted by molar-refractivity contribution is -0.128. The maximum absolute atomic E-state index is 12.3. The third-order valence-electron chi connectivity index (χ3n) is 4.96. The molecule has 2 saturated heterocycles. The van der Waals surface area contributed by atoms with Gasteiger partial charge in [0.2, 0.25) is 5.91 Å². The fraction of sp³-hybridized carbons (Fsp3) is 0.600. The van der Waals surface area contributed by atoms with E-state index in [0.717, 1.165) is 58.8 Å². The molecule has 7 nitrogen and oxygen atoms in total. The van der Waals surface area contributed by atoms with Gasteiger partial charge in [0.1, 0.15) is 0 Å². The summed E-state index contributed by atoms with van der Waals surface area (Å²) in [5.41, 5.74) is 2.40. The fourth-order valence-electron chi connectivity index (χ4n) is 3.50. The summed E-state index contributed by atoms with van der Waals surface area (Å²) in [7, 11) is 0. The van der Waals surface area contributed by atoms with E-state index in [1.54, 1.807) is 0 Å². The van der Waals surface area contributed by atoms with Gasteiger partial charge in [0.15, 0.2) is 5.96 Å². The van der Waals surface area contributed by atoms with Crippen LogP contribution in [0.3, 0.4) is 0 Å². The number of rotatable bonds is 6. The molecule has 0 aromatic heterocycles. The number of nitrogens with zero attached hydrogens (tertiary/aromatic N) is 3. The standard InChI is InChI=1S/C20H31N5O2/c1-2-21-20(23-16-19(26)25-9-5-6-10-25)22-15-17-7-3-4-8-18(17)24-11-13-27-14-12-24/h3-4,7-8H,2,5-6,9-16H2,1H3,(H2,21,22,23). The third-order valence-corrected chi connectivity index (χ3v) is 4.96. The summed E-state index contributed by atoms with van der Waals surface area (Å²) in [6.07, 6.45) is 2.22. The second kappa shape index (κ2) is 10.2. The molecule has 0 spiro atoms. The molecular formula is C20H31N5O2. The Morgan fingerprint density at radius 2 is 1.85 bits per heavy atom. The van der Waals surface area contributed by atoms with Gasteiger partial charge in [-0.2, -0.15) is 0 Å². The molecule has 0 bridgehead atoms. The summed E-state index contributed by atoms with van der Waals surface area (Å²) in [4.78, 5) is 21.2. The highest BCUT2D eigenvalue weighted by Crippen LogP contribution is 2.22. The molecule has 1 aromatic carbocycles. The van der Waals surface area contributed by atoms with Crippen LogP contribution >= 0.6 is 0 Å². The number of hydrogen-bond acceptors (Lipinski definition) is 4. The van der Waals surface area contributed by atoms with E-state index in [4.69, 9.17) is 9.73 Å². The molecule has 0 aliphatic carbocycles. The number of hydrogen-bond donors (Lipinski definition) is 2. The highest BCUT2D eigenvalue weighted by molar-refractivity contribution is 5.86. The first-order valence-electron chi connectivity index (χ1n) is 9.98. The molecule has 2 fully saturated rings. The second-order valence-electron chi connectivity index (χ2n) is 6.86. The molecule has 1 aromatic rings. The van der Waals surface area contributed by atoms with Gasteiger partial charge in [-0.3, -0.25) is 4.79 Å². The first-order valence-corrected chi connectivity index (χ1v) is 9.98. The van der Waals surface area contributed by atoms with Crippen LogP contribution in [0.1, 0.15) is 25.3 Å². The van der Waals surface area contributed by atoms with Crippen molar-refractivity contribution in [3.05, 3.63) is 29.8 Å². The van der Waals surface area contributed by atoms with Gasteiger partial charge in [0.05, 0.1) is 26.3 Å². The lowest BCUT2D eigenvalue weighted by Gasteiger charge is -2.30. The SMILES string of the molecule is CCNC(=NCc1ccccc1N1CCOCC1)NCC(=O)N1CCCC1. The van der Waals surface area contributed by atoms with E-state index in [9.17, 15) is 4.79 Å². The van der Waals surface area contributed by atoms with Gasteiger partial charge < -0.3 is 25.2 Å². The number of morpholine rings is 1. The van der Waals surface area contributed by atoms with E-state index < -0.39 is 0 Å². The van der Waals surface area contributed by atoms with Crippen molar-refractivity contribution in [1.82, 2.24) is 15.5 Å². The molecule has 2 aliphatic rings. The summed E-state index contributed by atoms with van der Waals surface area (Å²) in [6, 6.07) is 8.38. The molecule has 0 atom stereocenters. The Bertz CT molecular complexity index is 637. The van der Waals surface area contributed by atoms with E-state index in [-0.39, 0.29) is 12.5 Å². The van der Waals surface area contributed by atoms with Gasteiger partial charge in [-0.15, -0.1) is 0 Å². The van der Waals surface area contributed by atoms with Gasteiger partial charge in [-0.05, 0) is 31.4 Å². The number of ether oxygens (including phenoxy) is 1. The quantitative estimate of drug-likeness (QED) is 0.579. The molecule has 7 heteroatoms. The average Bonchev–Trinajstić information content (AvgIpc) is 3.26. The Morgan fingerprint density at radius 1 is 1.11 bits per heavy atom. The Kier molecular flexibility index (Phi) is 7.33. The summed E-state index contributed by atoms with van der Waals surface area (Å²) in [5.74, 6) is 0.827. The number of carbonyl (C=O) groups excluding carboxylic acids is 1. The largest absolute Gasteiger partial charge is 0.378 e. The number of carbonyl (C=O) groups is 1. The van der Waals surface area contributed by atoms with Crippen molar-refractivity contribution in [1.29, 1.82) is 0 Å². The smallest absolute Gasteiger partial charge is 0.241 e. The maximum atomic E-state index is 12.3. The maximum Gasteiger partial charge on any atom is 0.241 e. The van der Waals surface area contributed by atoms with Crippen LogP contribution < -0.4 is 15.5 Å². The molecule has 0 saturated carbocycles. The van der Waals surface area contributed by atoms with Crippen molar-refractivity contribution in [2.75, 3.05) is 57.4 Å². The average molecular weight is 374 g/mol. The Balaban J connectivity index is 1.61. The first kappa shape index (κ1) is 19.5. The van der Waals surface area contributed by atoms with Crippen molar-refractivity contribution in [3.8, 4) is 0 Å². The summed E-state index contributed by atoms with van der Waals surface area (Å²) >= 11 is 0. The Labute approximate surface area is 161 Å². The van der Waals surface area contributed by atoms with E-state index in [2.05, 4.69) is 33.7 Å². The van der Waals surface area contributed by atoms with Crippen LogP contribution in [0.5, 0.6) is 0 Å². The zero-order valence-electron chi connectivity index (χ0n) is 16.2. The highest BCUT2D eigenvalue weighted by atomic mass is 16.5. The molecule has 0 unspecified atom stereocenters. The van der Waals surface area contributed by atoms with Gasteiger partial charge in [-0.1, -0.05) is 18.2 Å². The van der Waals surface area contributed by atoms with E-state index in [1.807, 2.05) is 17.9 Å². The van der Waals surface area contributed by atoms with Crippen LogP contribution in [0.2, 0.25) is 0 Å². The molecule has 2 heterocycles. The second-order valence-corrected chi connectivity index (χ2v) is 6.86. The normalized spacial score (nSPS) is 17.9. The molecule has 27 heavy (non-hydrogen) atoms. The number of nitrogens with one attached hydrogen (secondary N) is 2. The number of amides is 1. The number of para-hydroxylation sites is 1. The Hall–Kier alpha value is -2.28. The summed E-state index contributed by atoms with van der Waals surface area (Å²) in [6.45, 7) is 8.74. The van der Waals surface area contributed by atoms with Crippen molar-refractivity contribution in [2.24, 2.45) is 4.99 Å².